The Labute approximate surface area is 207 Å². The van der Waals surface area contributed by atoms with E-state index in [-0.39, 0.29) is 12.4 Å². The molecule has 0 spiro atoms. The third-order valence-corrected chi connectivity index (χ3v) is 6.97. The summed E-state index contributed by atoms with van der Waals surface area (Å²) in [5.41, 5.74) is 7.21. The molecule has 0 saturated heterocycles. The Morgan fingerprint density at radius 1 is 1.29 bits per heavy atom. The maximum atomic E-state index is 15.3. The van der Waals surface area contributed by atoms with Gasteiger partial charge >= 0.3 is 5.97 Å². The van der Waals surface area contributed by atoms with E-state index in [1.807, 2.05) is 37.6 Å². The number of aromatic nitrogens is 3. The van der Waals surface area contributed by atoms with Crippen LogP contribution in [-0.4, -0.2) is 34.2 Å². The highest BCUT2D eigenvalue weighted by Crippen LogP contribution is 2.43. The normalized spacial score (nSPS) is 13.0. The number of carbonyl (C=O) groups is 1. The van der Waals surface area contributed by atoms with E-state index in [9.17, 15) is 4.79 Å². The number of methoxy groups -OCH3 is 1. The number of esters is 1. The molecule has 0 atom stereocenters. The quantitative estimate of drug-likeness (QED) is 0.267. The first-order chi connectivity index (χ1) is 16.8. The average Bonchev–Trinajstić information content (AvgIpc) is 3.17. The lowest BCUT2D eigenvalue weighted by atomic mass is 9.87. The number of carbonyl (C=O) groups excluding carboxylic acids is 1. The molecule has 3 aromatic heterocycles. The van der Waals surface area contributed by atoms with E-state index in [0.717, 1.165) is 57.4 Å². The summed E-state index contributed by atoms with van der Waals surface area (Å²) in [5.74, 6) is -0.454. The summed E-state index contributed by atoms with van der Waals surface area (Å²) in [6, 6.07) is 7.20. The molecule has 0 amide bonds. The molecule has 1 aliphatic heterocycles. The first kappa shape index (κ1) is 23.3. The molecule has 180 valence electrons. The number of hydrogen-bond acceptors (Lipinski definition) is 5. The highest BCUT2D eigenvalue weighted by atomic mass is 35.5. The summed E-state index contributed by atoms with van der Waals surface area (Å²) in [7, 11) is 3.29. The van der Waals surface area contributed by atoms with Crippen LogP contribution in [-0.2, 0) is 29.4 Å². The highest BCUT2D eigenvalue weighted by molar-refractivity contribution is 6.29. The smallest absolute Gasteiger partial charge is 0.310 e. The van der Waals surface area contributed by atoms with E-state index >= 15 is 4.39 Å². The third kappa shape index (κ3) is 3.93. The monoisotopic (exact) mass is 493 g/mol. The molecule has 0 unspecified atom stereocenters. The molecule has 4 heterocycles. The average molecular weight is 494 g/mol. The second-order valence-electron chi connectivity index (χ2n) is 8.79. The fraction of sp³-hybridized carbons (Fsp3) is 0.296. The molecular formula is C27H25ClFN3O3. The van der Waals surface area contributed by atoms with Crippen molar-refractivity contribution < 1.29 is 18.7 Å². The lowest BCUT2D eigenvalue weighted by Gasteiger charge is -2.23. The Kier molecular flexibility index (Phi) is 5.97. The number of pyridine rings is 2. The van der Waals surface area contributed by atoms with Crippen LogP contribution < -0.4 is 4.74 Å². The van der Waals surface area contributed by atoms with Gasteiger partial charge < -0.3 is 14.0 Å². The topological polar surface area (TPSA) is 66.2 Å². The van der Waals surface area contributed by atoms with Crippen molar-refractivity contribution in [1.29, 1.82) is 0 Å². The van der Waals surface area contributed by atoms with Crippen molar-refractivity contribution in [2.24, 2.45) is 7.05 Å². The number of rotatable bonds is 4. The second kappa shape index (κ2) is 8.96. The summed E-state index contributed by atoms with van der Waals surface area (Å²) in [4.78, 5) is 21.3. The summed E-state index contributed by atoms with van der Waals surface area (Å²) in [6.07, 6.45) is 3.25. The Hall–Kier alpha value is -3.45. The lowest BCUT2D eigenvalue weighted by molar-refractivity contribution is -0.139. The van der Waals surface area contributed by atoms with Gasteiger partial charge in [0.2, 0.25) is 0 Å². The van der Waals surface area contributed by atoms with Crippen LogP contribution in [0.15, 0.2) is 30.5 Å². The minimum absolute atomic E-state index is 0.0283. The van der Waals surface area contributed by atoms with E-state index in [1.165, 1.54) is 13.2 Å². The van der Waals surface area contributed by atoms with Crippen molar-refractivity contribution in [3.05, 3.63) is 63.8 Å². The van der Waals surface area contributed by atoms with E-state index in [0.29, 0.717) is 28.8 Å². The third-order valence-electron chi connectivity index (χ3n) is 6.76. The molecule has 0 N–H and O–H groups in total. The summed E-state index contributed by atoms with van der Waals surface area (Å²) in [5, 5.41) is 1.20. The summed E-state index contributed by atoms with van der Waals surface area (Å²) in [6.45, 7) is 4.36. The predicted octanol–water partition coefficient (Wildman–Crippen LogP) is 5.75. The van der Waals surface area contributed by atoms with Crippen LogP contribution in [0.4, 0.5) is 4.39 Å². The minimum Gasteiger partial charge on any atom is -0.490 e. The maximum absolute atomic E-state index is 15.3. The Morgan fingerprint density at radius 2 is 2.09 bits per heavy atom. The van der Waals surface area contributed by atoms with Crippen molar-refractivity contribution in [2.45, 2.75) is 33.1 Å². The number of fused-ring (bicyclic) bond motifs is 2. The molecule has 1 aliphatic rings. The Morgan fingerprint density at radius 3 is 2.83 bits per heavy atom. The largest absolute Gasteiger partial charge is 0.490 e. The Bertz CT molecular complexity index is 1500. The van der Waals surface area contributed by atoms with Crippen molar-refractivity contribution in [3.63, 3.8) is 0 Å². The van der Waals surface area contributed by atoms with Gasteiger partial charge in [0, 0.05) is 35.5 Å². The fourth-order valence-electron chi connectivity index (χ4n) is 4.98. The van der Waals surface area contributed by atoms with Crippen molar-refractivity contribution in [3.8, 4) is 28.1 Å². The standard InChI is InChI=1S/C27H25ClFN3O3/c1-14-17-6-5-9-35-26(17)21(29)11-18(14)25-19(13-24(33)34-4)15(2)31-27-20(25)12-22(32(27)3)16-7-8-30-23(28)10-16/h7-8,10-12H,5-6,9,13H2,1-4H3. The van der Waals surface area contributed by atoms with Gasteiger partial charge in [0.1, 0.15) is 10.8 Å². The zero-order valence-corrected chi connectivity index (χ0v) is 20.8. The lowest BCUT2D eigenvalue weighted by Crippen LogP contribution is -2.13. The number of hydrogen-bond donors (Lipinski definition) is 0. The van der Waals surface area contributed by atoms with Crippen LogP contribution in [0.25, 0.3) is 33.4 Å². The molecule has 4 aromatic rings. The van der Waals surface area contributed by atoms with Crippen LogP contribution >= 0.6 is 11.6 Å². The molecule has 8 heteroatoms. The minimum atomic E-state index is -0.399. The fourth-order valence-corrected chi connectivity index (χ4v) is 5.15. The van der Waals surface area contributed by atoms with Crippen LogP contribution in [0.5, 0.6) is 5.75 Å². The molecular weight excluding hydrogens is 469 g/mol. The van der Waals surface area contributed by atoms with Gasteiger partial charge in [0.25, 0.3) is 0 Å². The Balaban J connectivity index is 1.86. The maximum Gasteiger partial charge on any atom is 0.310 e. The summed E-state index contributed by atoms with van der Waals surface area (Å²) >= 11 is 6.16. The highest BCUT2D eigenvalue weighted by Gasteiger charge is 2.26. The zero-order chi connectivity index (χ0) is 24.9. The number of aryl methyl sites for hydroxylation is 2. The van der Waals surface area contributed by atoms with Crippen molar-refractivity contribution >= 4 is 28.6 Å². The molecule has 0 fully saturated rings. The van der Waals surface area contributed by atoms with Gasteiger partial charge in [-0.15, -0.1) is 0 Å². The molecule has 0 radical (unpaired) electrons. The molecule has 0 bridgehead atoms. The molecule has 0 aliphatic carbocycles. The number of nitrogens with zero attached hydrogens (tertiary/aromatic N) is 3. The van der Waals surface area contributed by atoms with Crippen LogP contribution in [0, 0.1) is 19.7 Å². The van der Waals surface area contributed by atoms with E-state index in [4.69, 9.17) is 26.1 Å². The summed E-state index contributed by atoms with van der Waals surface area (Å²) < 4.78 is 27.9. The van der Waals surface area contributed by atoms with Gasteiger partial charge in [-0.05, 0) is 73.2 Å². The van der Waals surface area contributed by atoms with Crippen LogP contribution in [0.1, 0.15) is 28.8 Å². The van der Waals surface area contributed by atoms with Gasteiger partial charge in [0.15, 0.2) is 11.6 Å². The molecule has 35 heavy (non-hydrogen) atoms. The van der Waals surface area contributed by atoms with E-state index in [2.05, 4.69) is 4.98 Å². The first-order valence-electron chi connectivity index (χ1n) is 11.4. The van der Waals surface area contributed by atoms with E-state index in [1.54, 1.807) is 12.3 Å². The number of ether oxygens (including phenoxy) is 2. The van der Waals surface area contributed by atoms with Crippen LogP contribution in [0.3, 0.4) is 0 Å². The van der Waals surface area contributed by atoms with Crippen molar-refractivity contribution in [1.82, 2.24) is 14.5 Å². The second-order valence-corrected chi connectivity index (χ2v) is 9.17. The van der Waals surface area contributed by atoms with Gasteiger partial charge in [-0.1, -0.05) is 11.6 Å². The molecule has 6 nitrogen and oxygen atoms in total. The van der Waals surface area contributed by atoms with Gasteiger partial charge in [-0.3, -0.25) is 4.79 Å². The SMILES string of the molecule is COC(=O)Cc1c(C)nc2c(cc(-c3ccnc(Cl)c3)n2C)c1-c1cc(F)c2c(c1C)CCCO2. The van der Waals surface area contributed by atoms with Gasteiger partial charge in [-0.2, -0.15) is 0 Å². The van der Waals surface area contributed by atoms with Crippen molar-refractivity contribution in [2.75, 3.05) is 13.7 Å². The van der Waals surface area contributed by atoms with Gasteiger partial charge in [-0.25, -0.2) is 14.4 Å². The van der Waals surface area contributed by atoms with E-state index < -0.39 is 5.82 Å². The first-order valence-corrected chi connectivity index (χ1v) is 11.8. The number of halogens is 2. The van der Waals surface area contributed by atoms with Gasteiger partial charge in [0.05, 0.1) is 25.8 Å². The predicted molar refractivity (Wildman–Crippen MR) is 133 cm³/mol. The molecule has 5 rings (SSSR count). The molecule has 1 aromatic carbocycles. The zero-order valence-electron chi connectivity index (χ0n) is 20.0. The van der Waals surface area contributed by atoms with Crippen LogP contribution in [0.2, 0.25) is 5.15 Å². The number of benzene rings is 1. The molecule has 0 saturated carbocycles.